The van der Waals surface area contributed by atoms with Crippen molar-refractivity contribution in [1.82, 2.24) is 9.80 Å². The summed E-state index contributed by atoms with van der Waals surface area (Å²) >= 11 is 0. The summed E-state index contributed by atoms with van der Waals surface area (Å²) in [7, 11) is 1.69. The van der Waals surface area contributed by atoms with Crippen LogP contribution in [0, 0.1) is 0 Å². The van der Waals surface area contributed by atoms with Gasteiger partial charge >= 0.3 is 6.09 Å². The largest absolute Gasteiger partial charge is 0.444 e. The fourth-order valence-corrected chi connectivity index (χ4v) is 5.39. The van der Waals surface area contributed by atoms with E-state index < -0.39 is 5.60 Å². The van der Waals surface area contributed by atoms with Crippen LogP contribution >= 0.6 is 0 Å². The van der Waals surface area contributed by atoms with E-state index in [-0.39, 0.29) is 24.6 Å². The molecule has 41 heavy (non-hydrogen) atoms. The van der Waals surface area contributed by atoms with Gasteiger partial charge in [0.15, 0.2) is 0 Å². The molecule has 0 atom stereocenters. The van der Waals surface area contributed by atoms with Crippen molar-refractivity contribution in [1.29, 1.82) is 0 Å². The maximum absolute atomic E-state index is 14.5. The number of amides is 2. The number of benzene rings is 3. The highest BCUT2D eigenvalue weighted by Gasteiger charge is 2.37. The topological polar surface area (TPSA) is 59.1 Å². The third kappa shape index (κ3) is 7.25. The zero-order valence-electron chi connectivity index (χ0n) is 24.6. The van der Waals surface area contributed by atoms with E-state index in [0.717, 1.165) is 46.2 Å². The normalized spacial score (nSPS) is 15.6. The lowest BCUT2D eigenvalue weighted by Gasteiger charge is -2.34. The summed E-state index contributed by atoms with van der Waals surface area (Å²) in [4.78, 5) is 31.2. The Labute approximate surface area is 243 Å². The molecular formula is C35H40N2O4. The lowest BCUT2D eigenvalue weighted by molar-refractivity contribution is -0.128. The Balaban J connectivity index is 1.51. The molecule has 1 aliphatic heterocycles. The second kappa shape index (κ2) is 12.3. The Morgan fingerprint density at radius 2 is 1.56 bits per heavy atom. The lowest BCUT2D eigenvalue weighted by Crippen LogP contribution is -2.44. The molecule has 1 fully saturated rings. The molecule has 6 heteroatoms. The molecule has 0 spiro atoms. The second-order valence-electron chi connectivity index (χ2n) is 12.0. The predicted molar refractivity (Wildman–Crippen MR) is 162 cm³/mol. The first-order chi connectivity index (χ1) is 19.7. The van der Waals surface area contributed by atoms with E-state index >= 15 is 0 Å². The summed E-state index contributed by atoms with van der Waals surface area (Å²) in [6.07, 6.45) is 2.18. The monoisotopic (exact) mass is 552 g/mol. The number of rotatable bonds is 8. The summed E-state index contributed by atoms with van der Waals surface area (Å²) in [5.74, 6) is -0.00184. The van der Waals surface area contributed by atoms with Crippen LogP contribution in [0.5, 0.6) is 0 Å². The maximum atomic E-state index is 14.5. The highest BCUT2D eigenvalue weighted by molar-refractivity contribution is 6.03. The highest BCUT2D eigenvalue weighted by Crippen LogP contribution is 2.35. The van der Waals surface area contributed by atoms with Gasteiger partial charge in [0.25, 0.3) is 5.91 Å². The molecule has 5 rings (SSSR count). The standard InChI is InChI=1S/C35H40N2O4/c1-35(2,3)41-34(39)36-19-18-31(29-15-9-14-28(21-29)27-12-6-5-7-13-27)32(23-36)33(38)37(30-16-17-30)22-25-10-8-11-26(20-25)24-40-4/h5-15,20-21,30H,16-19,22-24H2,1-4H3. The summed E-state index contributed by atoms with van der Waals surface area (Å²) in [5.41, 5.74) is 6.49. The number of methoxy groups -OCH3 is 1. The minimum atomic E-state index is -0.609. The average Bonchev–Trinajstić information content (AvgIpc) is 3.81. The third-order valence-corrected chi connectivity index (χ3v) is 7.48. The van der Waals surface area contributed by atoms with Gasteiger partial charge in [-0.1, -0.05) is 72.8 Å². The molecule has 6 nitrogen and oxygen atoms in total. The van der Waals surface area contributed by atoms with Gasteiger partial charge in [-0.05, 0) is 79.5 Å². The summed E-state index contributed by atoms with van der Waals surface area (Å²) < 4.78 is 11.0. The average molecular weight is 553 g/mol. The summed E-state index contributed by atoms with van der Waals surface area (Å²) in [6, 6.07) is 27.1. The van der Waals surface area contributed by atoms with Gasteiger partial charge in [-0.15, -0.1) is 0 Å². The van der Waals surface area contributed by atoms with E-state index in [1.54, 1.807) is 12.0 Å². The Morgan fingerprint density at radius 3 is 2.27 bits per heavy atom. The number of ether oxygens (including phenoxy) is 2. The van der Waals surface area contributed by atoms with E-state index in [1.165, 1.54) is 0 Å². The molecule has 0 radical (unpaired) electrons. The minimum Gasteiger partial charge on any atom is -0.444 e. The second-order valence-corrected chi connectivity index (χ2v) is 12.0. The van der Waals surface area contributed by atoms with Gasteiger partial charge in [0.05, 0.1) is 13.2 Å². The quantitative estimate of drug-likeness (QED) is 0.300. The lowest BCUT2D eigenvalue weighted by atomic mass is 9.90. The highest BCUT2D eigenvalue weighted by atomic mass is 16.6. The summed E-state index contributed by atoms with van der Waals surface area (Å²) in [6.45, 7) is 7.37. The Morgan fingerprint density at radius 1 is 0.878 bits per heavy atom. The van der Waals surface area contributed by atoms with E-state index in [9.17, 15) is 9.59 Å². The Bertz CT molecular complexity index is 1420. The predicted octanol–water partition coefficient (Wildman–Crippen LogP) is 7.09. The van der Waals surface area contributed by atoms with Gasteiger partial charge in [-0.25, -0.2) is 4.79 Å². The van der Waals surface area contributed by atoms with Gasteiger partial charge in [0, 0.05) is 31.8 Å². The molecule has 214 valence electrons. The molecule has 0 unspecified atom stereocenters. The molecule has 1 aliphatic carbocycles. The van der Waals surface area contributed by atoms with Crippen LogP contribution in [0.4, 0.5) is 4.79 Å². The van der Waals surface area contributed by atoms with Gasteiger partial charge in [-0.3, -0.25) is 4.79 Å². The van der Waals surface area contributed by atoms with Crippen molar-refractivity contribution in [2.24, 2.45) is 0 Å². The zero-order chi connectivity index (χ0) is 29.0. The molecular weight excluding hydrogens is 512 g/mol. The number of carbonyl (C=O) groups is 2. The first kappa shape index (κ1) is 28.6. The van der Waals surface area contributed by atoms with Crippen molar-refractivity contribution in [3.05, 3.63) is 101 Å². The maximum Gasteiger partial charge on any atom is 0.410 e. The fraction of sp³-hybridized carbons (Fsp3) is 0.371. The molecule has 3 aromatic carbocycles. The van der Waals surface area contributed by atoms with Crippen LogP contribution in [-0.4, -0.2) is 53.6 Å². The van der Waals surface area contributed by atoms with Gasteiger partial charge < -0.3 is 19.3 Å². The number of carbonyl (C=O) groups excluding carboxylic acids is 2. The van der Waals surface area contributed by atoms with Gasteiger partial charge in [-0.2, -0.15) is 0 Å². The molecule has 0 bridgehead atoms. The first-order valence-electron chi connectivity index (χ1n) is 14.5. The van der Waals surface area contributed by atoms with Crippen LogP contribution in [0.25, 0.3) is 16.7 Å². The smallest absolute Gasteiger partial charge is 0.410 e. The zero-order valence-corrected chi connectivity index (χ0v) is 24.6. The fourth-order valence-electron chi connectivity index (χ4n) is 5.39. The molecule has 2 aliphatic rings. The van der Waals surface area contributed by atoms with Crippen molar-refractivity contribution in [3.8, 4) is 11.1 Å². The molecule has 3 aromatic rings. The van der Waals surface area contributed by atoms with Gasteiger partial charge in [0.2, 0.25) is 0 Å². The van der Waals surface area contributed by atoms with E-state index in [2.05, 4.69) is 42.5 Å². The van der Waals surface area contributed by atoms with Crippen molar-refractivity contribution in [3.63, 3.8) is 0 Å². The summed E-state index contributed by atoms with van der Waals surface area (Å²) in [5, 5.41) is 0. The Kier molecular flexibility index (Phi) is 8.60. The third-order valence-electron chi connectivity index (χ3n) is 7.48. The van der Waals surface area contributed by atoms with Crippen LogP contribution in [0.3, 0.4) is 0 Å². The molecule has 1 saturated carbocycles. The van der Waals surface area contributed by atoms with Crippen molar-refractivity contribution >= 4 is 17.6 Å². The molecule has 1 heterocycles. The number of hydrogen-bond acceptors (Lipinski definition) is 4. The van der Waals surface area contributed by atoms with Gasteiger partial charge in [0.1, 0.15) is 5.60 Å². The first-order valence-corrected chi connectivity index (χ1v) is 14.5. The van der Waals surface area contributed by atoms with Crippen molar-refractivity contribution in [2.75, 3.05) is 20.2 Å². The number of hydrogen-bond donors (Lipinski definition) is 0. The van der Waals surface area contributed by atoms with Crippen LogP contribution in [0.15, 0.2) is 84.4 Å². The van der Waals surface area contributed by atoms with Crippen molar-refractivity contribution in [2.45, 2.75) is 64.8 Å². The SMILES string of the molecule is COCc1cccc(CN(C(=O)C2=C(c3cccc(-c4ccccc4)c3)CCN(C(=O)OC(C)(C)C)C2)C2CC2)c1. The van der Waals surface area contributed by atoms with Crippen LogP contribution in [0.1, 0.15) is 56.7 Å². The Hall–Kier alpha value is -3.90. The van der Waals surface area contributed by atoms with Crippen LogP contribution in [0.2, 0.25) is 0 Å². The minimum absolute atomic E-state index is 0.00184. The molecule has 0 saturated heterocycles. The molecule has 0 N–H and O–H groups in total. The van der Waals surface area contributed by atoms with Crippen LogP contribution < -0.4 is 0 Å². The molecule has 2 amide bonds. The van der Waals surface area contributed by atoms with Crippen LogP contribution in [-0.2, 0) is 27.4 Å². The van der Waals surface area contributed by atoms with E-state index in [4.69, 9.17) is 9.47 Å². The number of nitrogens with zero attached hydrogens (tertiary/aromatic N) is 2. The van der Waals surface area contributed by atoms with E-state index in [1.807, 2.05) is 62.1 Å². The molecule has 0 aromatic heterocycles. The van der Waals surface area contributed by atoms with E-state index in [0.29, 0.717) is 31.7 Å². The van der Waals surface area contributed by atoms with Crippen molar-refractivity contribution < 1.29 is 19.1 Å².